The summed E-state index contributed by atoms with van der Waals surface area (Å²) in [4.78, 5) is 20.2. The van der Waals surface area contributed by atoms with Crippen molar-refractivity contribution in [2.45, 2.75) is 31.4 Å². The Morgan fingerprint density at radius 1 is 1.50 bits per heavy atom. The van der Waals surface area contributed by atoms with E-state index in [-0.39, 0.29) is 30.4 Å². The molecule has 1 aliphatic rings. The number of imidazole rings is 1. The number of hydrogen-bond donors (Lipinski definition) is 3. The van der Waals surface area contributed by atoms with Gasteiger partial charge < -0.3 is 15.4 Å². The molecule has 1 fully saturated rings. The summed E-state index contributed by atoms with van der Waals surface area (Å²) >= 11 is 5.99. The van der Waals surface area contributed by atoms with Crippen molar-refractivity contribution in [1.29, 1.82) is 0 Å². The molecular weight excluding hydrogens is 354 g/mol. The van der Waals surface area contributed by atoms with Gasteiger partial charge in [0.2, 0.25) is 5.91 Å². The van der Waals surface area contributed by atoms with Gasteiger partial charge in [-0.15, -0.1) is 0 Å². The summed E-state index contributed by atoms with van der Waals surface area (Å²) in [6.07, 6.45) is 4.90. The van der Waals surface area contributed by atoms with Crippen molar-refractivity contribution in [3.63, 3.8) is 0 Å². The molecule has 4 rings (SSSR count). The molecule has 0 aliphatic heterocycles. The van der Waals surface area contributed by atoms with Crippen molar-refractivity contribution >= 4 is 28.5 Å². The lowest BCUT2D eigenvalue weighted by Gasteiger charge is -2.37. The molecule has 1 aliphatic carbocycles. The van der Waals surface area contributed by atoms with E-state index in [0.717, 1.165) is 16.6 Å². The molecule has 0 saturated heterocycles. The summed E-state index contributed by atoms with van der Waals surface area (Å²) in [6, 6.07) is 5.23. The van der Waals surface area contributed by atoms with Crippen LogP contribution in [0, 0.1) is 5.92 Å². The number of carbonyl (C=O) groups is 1. The van der Waals surface area contributed by atoms with Gasteiger partial charge in [0.05, 0.1) is 35.8 Å². The van der Waals surface area contributed by atoms with E-state index in [2.05, 4.69) is 20.4 Å². The molecule has 3 N–H and O–H groups in total. The number of halogens is 1. The molecule has 26 heavy (non-hydrogen) atoms. The smallest absolute Gasteiger partial charge is 0.228 e. The molecule has 2 heterocycles. The molecule has 7 nitrogen and oxygen atoms in total. The maximum absolute atomic E-state index is 12.6. The van der Waals surface area contributed by atoms with Gasteiger partial charge in [0.15, 0.2) is 0 Å². The van der Waals surface area contributed by atoms with Gasteiger partial charge >= 0.3 is 0 Å². The van der Waals surface area contributed by atoms with Crippen LogP contribution in [-0.2, 0) is 18.3 Å². The topological polar surface area (TPSA) is 95.8 Å². The number of fused-ring (bicyclic) bond motifs is 1. The second kappa shape index (κ2) is 6.74. The predicted molar refractivity (Wildman–Crippen MR) is 97.6 cm³/mol. The summed E-state index contributed by atoms with van der Waals surface area (Å²) in [6.45, 7) is 0. The van der Waals surface area contributed by atoms with Crippen LogP contribution in [0.1, 0.15) is 30.3 Å². The van der Waals surface area contributed by atoms with Crippen molar-refractivity contribution in [1.82, 2.24) is 25.1 Å². The number of nitrogens with one attached hydrogen (secondary N) is 2. The zero-order valence-corrected chi connectivity index (χ0v) is 15.1. The predicted octanol–water partition coefficient (Wildman–Crippen LogP) is 2.12. The first-order valence-corrected chi connectivity index (χ1v) is 8.96. The number of rotatable bonds is 5. The third kappa shape index (κ3) is 3.45. The van der Waals surface area contributed by atoms with E-state index in [0.29, 0.717) is 23.7 Å². The zero-order valence-electron chi connectivity index (χ0n) is 14.3. The van der Waals surface area contributed by atoms with Crippen LogP contribution in [0.25, 0.3) is 11.0 Å². The van der Waals surface area contributed by atoms with Gasteiger partial charge in [-0.3, -0.25) is 9.48 Å². The van der Waals surface area contributed by atoms with Crippen molar-refractivity contribution in [3.8, 4) is 0 Å². The number of nitrogens with zero attached hydrogens (tertiary/aromatic N) is 3. The van der Waals surface area contributed by atoms with Crippen molar-refractivity contribution in [2.75, 3.05) is 0 Å². The summed E-state index contributed by atoms with van der Waals surface area (Å²) in [5.41, 5.74) is 2.54. The first-order chi connectivity index (χ1) is 12.5. The second-order valence-corrected chi connectivity index (χ2v) is 7.34. The number of hydrogen-bond acceptors (Lipinski definition) is 4. The molecule has 0 radical (unpaired) electrons. The Hall–Kier alpha value is -2.38. The third-order valence-electron chi connectivity index (χ3n) is 4.84. The van der Waals surface area contributed by atoms with E-state index < -0.39 is 0 Å². The summed E-state index contributed by atoms with van der Waals surface area (Å²) in [7, 11) is 1.84. The van der Waals surface area contributed by atoms with E-state index in [4.69, 9.17) is 11.6 Å². The minimum Gasteiger partial charge on any atom is -0.393 e. The molecule has 1 atom stereocenters. The molecule has 1 saturated carbocycles. The Bertz CT molecular complexity index is 944. The lowest BCUT2D eigenvalue weighted by molar-refractivity contribution is -0.122. The maximum atomic E-state index is 12.6. The molecule has 0 bridgehead atoms. The number of aliphatic hydroxyl groups is 1. The number of amides is 1. The molecule has 0 spiro atoms. The highest BCUT2D eigenvalue weighted by molar-refractivity contribution is 6.31. The first-order valence-electron chi connectivity index (χ1n) is 8.58. The van der Waals surface area contributed by atoms with Gasteiger partial charge in [-0.05, 0) is 37.0 Å². The summed E-state index contributed by atoms with van der Waals surface area (Å²) in [5.74, 6) is 0.691. The van der Waals surface area contributed by atoms with Crippen LogP contribution in [0.4, 0.5) is 0 Å². The molecule has 1 aromatic carbocycles. The number of H-pyrrole nitrogens is 1. The van der Waals surface area contributed by atoms with Gasteiger partial charge in [-0.2, -0.15) is 5.10 Å². The minimum absolute atomic E-state index is 0.120. The van der Waals surface area contributed by atoms with Crippen LogP contribution < -0.4 is 5.32 Å². The quantitative estimate of drug-likeness (QED) is 0.638. The number of aromatic nitrogens is 4. The number of carbonyl (C=O) groups excluding carboxylic acids is 1. The lowest BCUT2D eigenvalue weighted by Crippen LogP contribution is -2.41. The summed E-state index contributed by atoms with van der Waals surface area (Å²) < 4.78 is 1.71. The first kappa shape index (κ1) is 17.1. The Morgan fingerprint density at radius 2 is 2.31 bits per heavy atom. The molecule has 1 amide bonds. The number of aliphatic hydroxyl groups excluding tert-OH is 1. The molecular formula is C18H20ClN5O2. The van der Waals surface area contributed by atoms with Crippen LogP contribution in [0.15, 0.2) is 30.6 Å². The maximum Gasteiger partial charge on any atom is 0.228 e. The van der Waals surface area contributed by atoms with Crippen LogP contribution >= 0.6 is 11.6 Å². The fourth-order valence-corrected chi connectivity index (χ4v) is 3.64. The monoisotopic (exact) mass is 373 g/mol. The number of aromatic amines is 1. The SMILES string of the molecule is Cn1cc([C@H](NC(=O)Cc2nc3ccc(Cl)cc3[nH]2)C2CC(O)C2)cn1. The lowest BCUT2D eigenvalue weighted by atomic mass is 9.75. The highest BCUT2D eigenvalue weighted by atomic mass is 35.5. The standard InChI is InChI=1S/C18H20ClN5O2/c1-24-9-11(8-20-24)18(10-4-13(25)5-10)23-17(26)7-16-21-14-3-2-12(19)6-15(14)22-16/h2-3,6,8-10,13,18,25H,4-5,7H2,1H3,(H,21,22)(H,23,26)/t10?,13?,18-/m1/s1. The molecule has 8 heteroatoms. The van der Waals surface area contributed by atoms with E-state index in [1.165, 1.54) is 0 Å². The fraction of sp³-hybridized carbons (Fsp3) is 0.389. The molecule has 136 valence electrons. The van der Waals surface area contributed by atoms with Crippen LogP contribution in [-0.4, -0.2) is 36.9 Å². The average molecular weight is 374 g/mol. The van der Waals surface area contributed by atoms with Gasteiger partial charge in [-0.1, -0.05) is 11.6 Å². The third-order valence-corrected chi connectivity index (χ3v) is 5.08. The number of benzene rings is 1. The Balaban J connectivity index is 1.48. The molecule has 3 aromatic rings. The van der Waals surface area contributed by atoms with E-state index in [9.17, 15) is 9.90 Å². The molecule has 0 unspecified atom stereocenters. The van der Waals surface area contributed by atoms with E-state index in [1.54, 1.807) is 23.0 Å². The van der Waals surface area contributed by atoms with Gasteiger partial charge in [0, 0.05) is 23.8 Å². The van der Waals surface area contributed by atoms with Crippen molar-refractivity contribution in [2.24, 2.45) is 13.0 Å². The van der Waals surface area contributed by atoms with E-state index in [1.807, 2.05) is 19.3 Å². The van der Waals surface area contributed by atoms with Gasteiger partial charge in [0.1, 0.15) is 5.82 Å². The van der Waals surface area contributed by atoms with E-state index >= 15 is 0 Å². The minimum atomic E-state index is -0.281. The van der Waals surface area contributed by atoms with Crippen LogP contribution in [0.2, 0.25) is 5.02 Å². The normalized spacial score (nSPS) is 20.7. The van der Waals surface area contributed by atoms with Crippen LogP contribution in [0.3, 0.4) is 0 Å². The molecule has 2 aromatic heterocycles. The Labute approximate surface area is 155 Å². The highest BCUT2D eigenvalue weighted by Gasteiger charge is 2.36. The van der Waals surface area contributed by atoms with Gasteiger partial charge in [0.25, 0.3) is 0 Å². The number of aryl methyl sites for hydroxylation is 1. The largest absolute Gasteiger partial charge is 0.393 e. The van der Waals surface area contributed by atoms with Crippen molar-refractivity contribution in [3.05, 3.63) is 47.0 Å². The average Bonchev–Trinajstić information content (AvgIpc) is 3.15. The Kier molecular flexibility index (Phi) is 4.42. The fourth-order valence-electron chi connectivity index (χ4n) is 3.47. The second-order valence-electron chi connectivity index (χ2n) is 6.90. The van der Waals surface area contributed by atoms with Gasteiger partial charge in [-0.25, -0.2) is 4.98 Å². The van der Waals surface area contributed by atoms with Crippen molar-refractivity contribution < 1.29 is 9.90 Å². The highest BCUT2D eigenvalue weighted by Crippen LogP contribution is 2.38. The van der Waals surface area contributed by atoms with Crippen LogP contribution in [0.5, 0.6) is 0 Å². The zero-order chi connectivity index (χ0) is 18.3. The summed E-state index contributed by atoms with van der Waals surface area (Å²) in [5, 5.41) is 17.5. The Morgan fingerprint density at radius 3 is 3.00 bits per heavy atom.